The first kappa shape index (κ1) is 14.5. The van der Waals surface area contributed by atoms with Crippen LogP contribution in [0.15, 0.2) is 63.8 Å². The summed E-state index contributed by atoms with van der Waals surface area (Å²) in [4.78, 5) is 16.2. The zero-order valence-electron chi connectivity index (χ0n) is 13.4. The number of aryl methyl sites for hydroxylation is 1. The van der Waals surface area contributed by atoms with Crippen molar-refractivity contribution in [2.45, 2.75) is 6.92 Å². The van der Waals surface area contributed by atoms with Gasteiger partial charge in [-0.25, -0.2) is 9.78 Å². The van der Waals surface area contributed by atoms with E-state index in [9.17, 15) is 4.79 Å². The fraction of sp³-hybridized carbons (Fsp3) is 0.100. The molecular weight excluding hydrogens is 302 g/mol. The van der Waals surface area contributed by atoms with Crippen LogP contribution in [0.1, 0.15) is 5.56 Å². The largest absolute Gasteiger partial charge is 0.497 e. The first-order valence-electron chi connectivity index (χ1n) is 7.64. The predicted octanol–water partition coefficient (Wildman–Crippen LogP) is 4.33. The average molecular weight is 317 g/mol. The van der Waals surface area contributed by atoms with E-state index in [4.69, 9.17) is 14.1 Å². The highest BCUT2D eigenvalue weighted by molar-refractivity contribution is 6.04. The van der Waals surface area contributed by atoms with Gasteiger partial charge in [-0.15, -0.1) is 0 Å². The Hall–Kier alpha value is -3.14. The molecule has 0 unspecified atom stereocenters. The molecule has 2 heterocycles. The standard InChI is InChI=1S/C20H15NO3/c1-12-11-16-15-7-10-19(22)24-18(15)9-8-17(16)21-20(12)13-3-5-14(23-2)6-4-13/h3-11H,1-2H3. The lowest BCUT2D eigenvalue weighted by molar-refractivity contribution is 0.415. The second-order valence-electron chi connectivity index (χ2n) is 5.68. The van der Waals surface area contributed by atoms with E-state index >= 15 is 0 Å². The topological polar surface area (TPSA) is 52.3 Å². The summed E-state index contributed by atoms with van der Waals surface area (Å²) in [6.45, 7) is 2.03. The van der Waals surface area contributed by atoms with Crippen LogP contribution in [0.4, 0.5) is 0 Å². The molecule has 0 atom stereocenters. The number of nitrogens with zero attached hydrogens (tertiary/aromatic N) is 1. The average Bonchev–Trinajstić information content (AvgIpc) is 2.61. The second kappa shape index (κ2) is 5.49. The molecule has 0 N–H and O–H groups in total. The van der Waals surface area contributed by atoms with E-state index in [0.29, 0.717) is 5.58 Å². The molecule has 0 amide bonds. The predicted molar refractivity (Wildman–Crippen MR) is 94.5 cm³/mol. The van der Waals surface area contributed by atoms with Crippen LogP contribution in [0.3, 0.4) is 0 Å². The summed E-state index contributed by atoms with van der Waals surface area (Å²) in [6.07, 6.45) is 0. The van der Waals surface area contributed by atoms with E-state index < -0.39 is 0 Å². The Balaban J connectivity index is 1.95. The van der Waals surface area contributed by atoms with Crippen LogP contribution in [0.5, 0.6) is 5.75 Å². The third-order valence-electron chi connectivity index (χ3n) is 4.15. The summed E-state index contributed by atoms with van der Waals surface area (Å²) in [7, 11) is 1.65. The third kappa shape index (κ3) is 2.33. The van der Waals surface area contributed by atoms with E-state index in [2.05, 4.69) is 6.07 Å². The maximum absolute atomic E-state index is 11.4. The van der Waals surface area contributed by atoms with Crippen LogP contribution >= 0.6 is 0 Å². The molecule has 118 valence electrons. The van der Waals surface area contributed by atoms with Crippen LogP contribution in [0.2, 0.25) is 0 Å². The number of fused-ring (bicyclic) bond motifs is 3. The molecule has 0 spiro atoms. The van der Waals surface area contributed by atoms with E-state index in [1.165, 1.54) is 6.07 Å². The Morgan fingerprint density at radius 3 is 2.50 bits per heavy atom. The molecule has 24 heavy (non-hydrogen) atoms. The van der Waals surface area contributed by atoms with Gasteiger partial charge in [-0.05, 0) is 61.0 Å². The van der Waals surface area contributed by atoms with Gasteiger partial charge < -0.3 is 9.15 Å². The lowest BCUT2D eigenvalue weighted by Crippen LogP contribution is -1.96. The highest BCUT2D eigenvalue weighted by Gasteiger charge is 2.10. The molecule has 0 aliphatic heterocycles. The van der Waals surface area contributed by atoms with Crippen molar-refractivity contribution >= 4 is 21.9 Å². The third-order valence-corrected chi connectivity index (χ3v) is 4.15. The van der Waals surface area contributed by atoms with Crippen LogP contribution < -0.4 is 10.4 Å². The molecule has 0 saturated heterocycles. The number of aromatic nitrogens is 1. The van der Waals surface area contributed by atoms with Crippen molar-refractivity contribution in [2.75, 3.05) is 7.11 Å². The van der Waals surface area contributed by atoms with Gasteiger partial charge >= 0.3 is 5.63 Å². The fourth-order valence-corrected chi connectivity index (χ4v) is 2.94. The summed E-state index contributed by atoms with van der Waals surface area (Å²) in [6, 6.07) is 16.8. The van der Waals surface area contributed by atoms with Crippen LogP contribution in [0, 0.1) is 6.92 Å². The van der Waals surface area contributed by atoms with E-state index in [1.807, 2.05) is 37.3 Å². The molecule has 4 rings (SSSR count). The highest BCUT2D eigenvalue weighted by Crippen LogP contribution is 2.30. The summed E-state index contributed by atoms with van der Waals surface area (Å²) in [5.74, 6) is 0.818. The van der Waals surface area contributed by atoms with Crippen molar-refractivity contribution in [3.05, 3.63) is 70.6 Å². The first-order valence-corrected chi connectivity index (χ1v) is 7.64. The lowest BCUT2D eigenvalue weighted by Gasteiger charge is -2.10. The van der Waals surface area contributed by atoms with Crippen LogP contribution in [-0.2, 0) is 0 Å². The highest BCUT2D eigenvalue weighted by atomic mass is 16.5. The van der Waals surface area contributed by atoms with Gasteiger partial charge in [0, 0.05) is 22.4 Å². The van der Waals surface area contributed by atoms with Gasteiger partial charge in [0.25, 0.3) is 0 Å². The SMILES string of the molecule is COc1ccc(-c2nc3ccc4oc(=O)ccc4c3cc2C)cc1. The normalized spacial score (nSPS) is 11.1. The molecule has 2 aromatic heterocycles. The molecule has 2 aromatic carbocycles. The lowest BCUT2D eigenvalue weighted by atomic mass is 10.0. The minimum Gasteiger partial charge on any atom is -0.497 e. The second-order valence-corrected chi connectivity index (χ2v) is 5.68. The summed E-state index contributed by atoms with van der Waals surface area (Å²) in [5.41, 5.74) is 4.13. The Morgan fingerprint density at radius 2 is 1.75 bits per heavy atom. The first-order chi connectivity index (χ1) is 11.7. The zero-order valence-corrected chi connectivity index (χ0v) is 13.4. The van der Waals surface area contributed by atoms with Gasteiger partial charge in [-0.1, -0.05) is 0 Å². The molecule has 0 bridgehead atoms. The quantitative estimate of drug-likeness (QED) is 0.408. The van der Waals surface area contributed by atoms with Crippen molar-refractivity contribution in [2.24, 2.45) is 0 Å². The monoisotopic (exact) mass is 317 g/mol. The van der Waals surface area contributed by atoms with Crippen molar-refractivity contribution in [1.82, 2.24) is 4.98 Å². The Labute approximate surface area is 138 Å². The minimum atomic E-state index is -0.346. The molecule has 0 aliphatic carbocycles. The Kier molecular flexibility index (Phi) is 3.31. The molecule has 0 saturated carbocycles. The maximum atomic E-state index is 11.4. The number of methoxy groups -OCH3 is 1. The van der Waals surface area contributed by atoms with Crippen molar-refractivity contribution < 1.29 is 9.15 Å². The molecular formula is C20H15NO3. The van der Waals surface area contributed by atoms with E-state index in [-0.39, 0.29) is 5.63 Å². The van der Waals surface area contributed by atoms with Gasteiger partial charge in [0.1, 0.15) is 11.3 Å². The molecule has 0 radical (unpaired) electrons. The molecule has 4 heteroatoms. The maximum Gasteiger partial charge on any atom is 0.336 e. The number of benzene rings is 2. The summed E-state index contributed by atoms with van der Waals surface area (Å²) in [5, 5.41) is 1.87. The van der Waals surface area contributed by atoms with E-state index in [0.717, 1.165) is 38.9 Å². The number of rotatable bonds is 2. The number of hydrogen-bond donors (Lipinski definition) is 0. The Morgan fingerprint density at radius 1 is 0.958 bits per heavy atom. The Bertz CT molecular complexity index is 1110. The van der Waals surface area contributed by atoms with Crippen molar-refractivity contribution in [3.8, 4) is 17.0 Å². The van der Waals surface area contributed by atoms with Crippen LogP contribution in [0.25, 0.3) is 33.1 Å². The van der Waals surface area contributed by atoms with Crippen molar-refractivity contribution in [1.29, 1.82) is 0 Å². The smallest absolute Gasteiger partial charge is 0.336 e. The van der Waals surface area contributed by atoms with Crippen molar-refractivity contribution in [3.63, 3.8) is 0 Å². The zero-order chi connectivity index (χ0) is 16.7. The van der Waals surface area contributed by atoms with Gasteiger partial charge in [-0.2, -0.15) is 0 Å². The van der Waals surface area contributed by atoms with Gasteiger partial charge in [0.2, 0.25) is 0 Å². The molecule has 0 aliphatic rings. The van der Waals surface area contributed by atoms with Crippen LogP contribution in [-0.4, -0.2) is 12.1 Å². The molecule has 4 nitrogen and oxygen atoms in total. The van der Waals surface area contributed by atoms with E-state index in [1.54, 1.807) is 19.2 Å². The fourth-order valence-electron chi connectivity index (χ4n) is 2.94. The number of hydrogen-bond acceptors (Lipinski definition) is 4. The molecule has 4 aromatic rings. The summed E-state index contributed by atoms with van der Waals surface area (Å²) >= 11 is 0. The number of ether oxygens (including phenoxy) is 1. The van der Waals surface area contributed by atoms with Gasteiger partial charge in [0.05, 0.1) is 18.3 Å². The minimum absolute atomic E-state index is 0.346. The number of pyridine rings is 1. The molecule has 0 fully saturated rings. The summed E-state index contributed by atoms with van der Waals surface area (Å²) < 4.78 is 10.5. The van der Waals surface area contributed by atoms with Gasteiger partial charge in [-0.3, -0.25) is 0 Å². The van der Waals surface area contributed by atoms with Gasteiger partial charge in [0.15, 0.2) is 0 Å².